The highest BCUT2D eigenvalue weighted by Gasteiger charge is 2.30. The smallest absolute Gasteiger partial charge is 0.416 e. The Morgan fingerprint density at radius 2 is 1.82 bits per heavy atom. The third-order valence-electron chi connectivity index (χ3n) is 3.95. The zero-order valence-electron chi connectivity index (χ0n) is 12.8. The molecule has 0 saturated carbocycles. The van der Waals surface area contributed by atoms with Crippen molar-refractivity contribution in [2.75, 3.05) is 39.8 Å². The molecule has 1 fully saturated rings. The summed E-state index contributed by atoms with van der Waals surface area (Å²) >= 11 is 0. The monoisotopic (exact) mass is 316 g/mol. The Kier molecular flexibility index (Phi) is 6.08. The molecule has 1 N–H and O–H groups in total. The molecule has 0 unspecified atom stereocenters. The van der Waals surface area contributed by atoms with Gasteiger partial charge >= 0.3 is 6.18 Å². The van der Waals surface area contributed by atoms with Crippen molar-refractivity contribution in [1.82, 2.24) is 10.2 Å². The minimum Gasteiger partial charge on any atom is -0.492 e. The molecule has 1 aromatic carbocycles. The molecule has 0 amide bonds. The molecule has 124 valence electrons. The summed E-state index contributed by atoms with van der Waals surface area (Å²) in [7, 11) is 2.05. The molecule has 0 radical (unpaired) electrons. The number of halogens is 3. The average Bonchev–Trinajstić information content (AvgIpc) is 2.48. The molecule has 0 bridgehead atoms. The first-order valence-electron chi connectivity index (χ1n) is 7.64. The Morgan fingerprint density at radius 3 is 2.41 bits per heavy atom. The summed E-state index contributed by atoms with van der Waals surface area (Å²) < 4.78 is 42.9. The van der Waals surface area contributed by atoms with E-state index in [9.17, 15) is 13.2 Å². The van der Waals surface area contributed by atoms with Crippen LogP contribution in [0.3, 0.4) is 0 Å². The van der Waals surface area contributed by atoms with Crippen molar-refractivity contribution in [3.8, 4) is 5.75 Å². The molecule has 0 spiro atoms. The SMILES string of the molecule is CN(CCOc1ccc(C(F)(F)F)cc1)CC1CCNCC1. The van der Waals surface area contributed by atoms with E-state index in [0.29, 0.717) is 12.4 Å². The Morgan fingerprint density at radius 1 is 1.18 bits per heavy atom. The summed E-state index contributed by atoms with van der Waals surface area (Å²) in [5, 5.41) is 3.34. The Balaban J connectivity index is 1.69. The van der Waals surface area contributed by atoms with Crippen LogP contribution >= 0.6 is 0 Å². The van der Waals surface area contributed by atoms with E-state index in [1.165, 1.54) is 25.0 Å². The highest BCUT2D eigenvalue weighted by atomic mass is 19.4. The van der Waals surface area contributed by atoms with Crippen LogP contribution in [0.15, 0.2) is 24.3 Å². The van der Waals surface area contributed by atoms with Gasteiger partial charge < -0.3 is 15.0 Å². The van der Waals surface area contributed by atoms with Gasteiger partial charge in [-0.3, -0.25) is 0 Å². The molecule has 3 nitrogen and oxygen atoms in total. The molecule has 0 atom stereocenters. The van der Waals surface area contributed by atoms with E-state index in [-0.39, 0.29) is 0 Å². The summed E-state index contributed by atoms with van der Waals surface area (Å²) in [6.07, 6.45) is -1.90. The lowest BCUT2D eigenvalue weighted by atomic mass is 9.98. The molecule has 1 aromatic rings. The van der Waals surface area contributed by atoms with E-state index in [1.807, 2.05) is 0 Å². The van der Waals surface area contributed by atoms with Crippen LogP contribution in [0.25, 0.3) is 0 Å². The maximum absolute atomic E-state index is 12.4. The van der Waals surface area contributed by atoms with Gasteiger partial charge in [0.15, 0.2) is 0 Å². The van der Waals surface area contributed by atoms with Gasteiger partial charge in [-0.05, 0) is 63.2 Å². The van der Waals surface area contributed by atoms with Crippen molar-refractivity contribution in [2.24, 2.45) is 5.92 Å². The van der Waals surface area contributed by atoms with Crippen LogP contribution in [0.1, 0.15) is 18.4 Å². The molecule has 0 aliphatic carbocycles. The van der Waals surface area contributed by atoms with Crippen molar-refractivity contribution in [3.05, 3.63) is 29.8 Å². The molecule has 1 heterocycles. The van der Waals surface area contributed by atoms with Crippen LogP contribution in [-0.4, -0.2) is 44.7 Å². The number of hydrogen-bond donors (Lipinski definition) is 1. The third-order valence-corrected chi connectivity index (χ3v) is 3.95. The fraction of sp³-hybridized carbons (Fsp3) is 0.625. The normalized spacial score (nSPS) is 17.0. The predicted molar refractivity (Wildman–Crippen MR) is 80.0 cm³/mol. The highest BCUT2D eigenvalue weighted by molar-refractivity contribution is 5.28. The number of benzene rings is 1. The maximum atomic E-state index is 12.4. The molecule has 1 aliphatic rings. The first-order chi connectivity index (χ1) is 10.4. The quantitative estimate of drug-likeness (QED) is 0.873. The summed E-state index contributed by atoms with van der Waals surface area (Å²) in [6.45, 7) is 4.46. The molecule has 22 heavy (non-hydrogen) atoms. The second-order valence-electron chi connectivity index (χ2n) is 5.83. The second kappa shape index (κ2) is 7.83. The highest BCUT2D eigenvalue weighted by Crippen LogP contribution is 2.30. The minimum absolute atomic E-state index is 0.475. The summed E-state index contributed by atoms with van der Waals surface area (Å²) in [4.78, 5) is 2.22. The molecule has 2 rings (SSSR count). The van der Waals surface area contributed by atoms with Crippen LogP contribution in [0.4, 0.5) is 13.2 Å². The Labute approximate surface area is 129 Å². The van der Waals surface area contributed by atoms with E-state index in [2.05, 4.69) is 17.3 Å². The van der Waals surface area contributed by atoms with Crippen molar-refractivity contribution in [3.63, 3.8) is 0 Å². The summed E-state index contributed by atoms with van der Waals surface area (Å²) in [6, 6.07) is 4.84. The predicted octanol–water partition coefficient (Wildman–Crippen LogP) is 3.02. The fourth-order valence-electron chi connectivity index (χ4n) is 2.66. The van der Waals surface area contributed by atoms with Gasteiger partial charge in [0.2, 0.25) is 0 Å². The molecular weight excluding hydrogens is 293 g/mol. The van der Waals surface area contributed by atoms with E-state index < -0.39 is 11.7 Å². The molecular formula is C16H23F3N2O. The van der Waals surface area contributed by atoms with Crippen LogP contribution in [-0.2, 0) is 6.18 Å². The van der Waals surface area contributed by atoms with E-state index in [4.69, 9.17) is 4.74 Å². The van der Waals surface area contributed by atoms with Crippen LogP contribution in [0.2, 0.25) is 0 Å². The van der Waals surface area contributed by atoms with Crippen LogP contribution in [0, 0.1) is 5.92 Å². The van der Waals surface area contributed by atoms with Gasteiger partial charge in [0.25, 0.3) is 0 Å². The number of piperidine rings is 1. The van der Waals surface area contributed by atoms with Gasteiger partial charge in [0, 0.05) is 13.1 Å². The standard InChI is InChI=1S/C16H23F3N2O/c1-21(12-13-6-8-20-9-7-13)10-11-22-15-4-2-14(3-5-15)16(17,18)19/h2-5,13,20H,6-12H2,1H3. The number of likely N-dealkylation sites (N-methyl/N-ethyl adjacent to an activating group) is 1. The van der Waals surface area contributed by atoms with E-state index >= 15 is 0 Å². The molecule has 1 aliphatic heterocycles. The van der Waals surface area contributed by atoms with Gasteiger partial charge in [-0.2, -0.15) is 13.2 Å². The van der Waals surface area contributed by atoms with Gasteiger partial charge in [0.1, 0.15) is 12.4 Å². The zero-order valence-corrected chi connectivity index (χ0v) is 12.8. The number of hydrogen-bond acceptors (Lipinski definition) is 3. The van der Waals surface area contributed by atoms with Gasteiger partial charge in [0.05, 0.1) is 5.56 Å². The average molecular weight is 316 g/mol. The number of alkyl halides is 3. The van der Waals surface area contributed by atoms with Gasteiger partial charge in [-0.25, -0.2) is 0 Å². The molecule has 6 heteroatoms. The van der Waals surface area contributed by atoms with E-state index in [1.54, 1.807) is 0 Å². The lowest BCUT2D eigenvalue weighted by Gasteiger charge is -2.27. The van der Waals surface area contributed by atoms with Crippen molar-refractivity contribution in [1.29, 1.82) is 0 Å². The largest absolute Gasteiger partial charge is 0.492 e. The van der Waals surface area contributed by atoms with Gasteiger partial charge in [-0.15, -0.1) is 0 Å². The van der Waals surface area contributed by atoms with Crippen molar-refractivity contribution >= 4 is 0 Å². The van der Waals surface area contributed by atoms with Gasteiger partial charge in [-0.1, -0.05) is 0 Å². The lowest BCUT2D eigenvalue weighted by molar-refractivity contribution is -0.137. The minimum atomic E-state index is -4.30. The summed E-state index contributed by atoms with van der Waals surface area (Å²) in [5.41, 5.74) is -0.650. The van der Waals surface area contributed by atoms with E-state index in [0.717, 1.165) is 44.2 Å². The third kappa shape index (κ3) is 5.50. The van der Waals surface area contributed by atoms with Crippen molar-refractivity contribution < 1.29 is 17.9 Å². The Bertz CT molecular complexity index is 442. The van der Waals surface area contributed by atoms with Crippen molar-refractivity contribution in [2.45, 2.75) is 19.0 Å². The fourth-order valence-corrected chi connectivity index (χ4v) is 2.66. The summed E-state index contributed by atoms with van der Waals surface area (Å²) in [5.74, 6) is 1.19. The topological polar surface area (TPSA) is 24.5 Å². The van der Waals surface area contributed by atoms with Crippen LogP contribution < -0.4 is 10.1 Å². The second-order valence-corrected chi connectivity index (χ2v) is 5.83. The van der Waals surface area contributed by atoms with Crippen LogP contribution in [0.5, 0.6) is 5.75 Å². The molecule has 0 aromatic heterocycles. The lowest BCUT2D eigenvalue weighted by Crippen LogP contribution is -2.36. The Hall–Kier alpha value is -1.27. The maximum Gasteiger partial charge on any atom is 0.416 e. The number of rotatable bonds is 6. The zero-order chi connectivity index (χ0) is 16.0. The molecule has 1 saturated heterocycles. The number of nitrogens with zero attached hydrogens (tertiary/aromatic N) is 1. The first-order valence-corrected chi connectivity index (χ1v) is 7.64. The number of nitrogens with one attached hydrogen (secondary N) is 1. The number of ether oxygens (including phenoxy) is 1. The first kappa shape index (κ1) is 17.1.